The number of rotatable bonds is 4. The van der Waals surface area contributed by atoms with Crippen molar-refractivity contribution in [1.29, 1.82) is 0 Å². The number of thioether (sulfide) groups is 2. The lowest BCUT2D eigenvalue weighted by Gasteiger charge is -2.32. The van der Waals surface area contributed by atoms with Gasteiger partial charge in [-0.05, 0) is 32.2 Å². The second-order valence-corrected chi connectivity index (χ2v) is 7.39. The Morgan fingerprint density at radius 1 is 1.35 bits per heavy atom. The van der Waals surface area contributed by atoms with Gasteiger partial charge in [-0.2, -0.15) is 23.5 Å². The number of hydrogen-bond donors (Lipinski definition) is 1. The fourth-order valence-corrected chi connectivity index (χ4v) is 5.63. The van der Waals surface area contributed by atoms with Crippen LogP contribution in [0.2, 0.25) is 0 Å². The van der Waals surface area contributed by atoms with Gasteiger partial charge in [0.2, 0.25) is 0 Å². The Kier molecular flexibility index (Phi) is 6.30. The first kappa shape index (κ1) is 13.8. The Bertz CT molecular complexity index is 247. The van der Waals surface area contributed by atoms with E-state index in [-0.39, 0.29) is 0 Å². The Morgan fingerprint density at radius 3 is 3.06 bits per heavy atom. The predicted molar refractivity (Wildman–Crippen MR) is 82.2 cm³/mol. The highest BCUT2D eigenvalue weighted by molar-refractivity contribution is 8.06. The molecule has 2 atom stereocenters. The van der Waals surface area contributed by atoms with E-state index in [9.17, 15) is 0 Å². The molecule has 2 unspecified atom stereocenters. The van der Waals surface area contributed by atoms with Crippen LogP contribution in [0.25, 0.3) is 0 Å². The molecule has 0 saturated carbocycles. The van der Waals surface area contributed by atoms with Gasteiger partial charge in [0.15, 0.2) is 0 Å². The SMILES string of the molecule is CCNC(C1=CCCCCC1)C1CSCCS1. The van der Waals surface area contributed by atoms with Crippen molar-refractivity contribution in [2.24, 2.45) is 0 Å². The summed E-state index contributed by atoms with van der Waals surface area (Å²) in [6.45, 7) is 3.34. The molecule has 1 N–H and O–H groups in total. The van der Waals surface area contributed by atoms with E-state index in [2.05, 4.69) is 41.8 Å². The van der Waals surface area contributed by atoms with Crippen LogP contribution >= 0.6 is 23.5 Å². The Morgan fingerprint density at radius 2 is 2.29 bits per heavy atom. The molecule has 1 nitrogen and oxygen atoms in total. The van der Waals surface area contributed by atoms with E-state index in [4.69, 9.17) is 0 Å². The zero-order valence-corrected chi connectivity index (χ0v) is 12.5. The van der Waals surface area contributed by atoms with E-state index >= 15 is 0 Å². The summed E-state index contributed by atoms with van der Waals surface area (Å²) in [5.41, 5.74) is 1.71. The van der Waals surface area contributed by atoms with Crippen LogP contribution < -0.4 is 5.32 Å². The maximum atomic E-state index is 3.75. The van der Waals surface area contributed by atoms with Gasteiger partial charge in [-0.1, -0.05) is 25.0 Å². The zero-order chi connectivity index (χ0) is 11.9. The molecule has 98 valence electrons. The van der Waals surface area contributed by atoms with Gasteiger partial charge in [0.25, 0.3) is 0 Å². The summed E-state index contributed by atoms with van der Waals surface area (Å²) < 4.78 is 0. The molecule has 17 heavy (non-hydrogen) atoms. The third-order valence-corrected chi connectivity index (χ3v) is 6.48. The highest BCUT2D eigenvalue weighted by atomic mass is 32.2. The largest absolute Gasteiger partial charge is 0.310 e. The molecule has 0 amide bonds. The topological polar surface area (TPSA) is 12.0 Å². The van der Waals surface area contributed by atoms with Crippen molar-refractivity contribution in [3.8, 4) is 0 Å². The molecule has 0 bridgehead atoms. The highest BCUT2D eigenvalue weighted by Crippen LogP contribution is 2.31. The van der Waals surface area contributed by atoms with Crippen molar-refractivity contribution in [2.45, 2.75) is 50.3 Å². The van der Waals surface area contributed by atoms with Crippen LogP contribution in [-0.4, -0.2) is 35.1 Å². The average molecular weight is 271 g/mol. The van der Waals surface area contributed by atoms with Crippen molar-refractivity contribution in [3.05, 3.63) is 11.6 Å². The lowest BCUT2D eigenvalue weighted by Crippen LogP contribution is -2.42. The number of allylic oxidation sites excluding steroid dienone is 1. The van der Waals surface area contributed by atoms with Crippen LogP contribution in [0.3, 0.4) is 0 Å². The first-order chi connectivity index (χ1) is 8.42. The quantitative estimate of drug-likeness (QED) is 0.783. The molecule has 0 radical (unpaired) electrons. The van der Waals surface area contributed by atoms with Crippen LogP contribution in [0.4, 0.5) is 0 Å². The zero-order valence-electron chi connectivity index (χ0n) is 10.9. The maximum absolute atomic E-state index is 3.75. The Labute approximate surface area is 115 Å². The third-order valence-electron chi connectivity index (χ3n) is 3.61. The fourth-order valence-electron chi connectivity index (χ4n) is 2.74. The van der Waals surface area contributed by atoms with E-state index in [0.29, 0.717) is 6.04 Å². The van der Waals surface area contributed by atoms with Gasteiger partial charge < -0.3 is 5.32 Å². The molecule has 1 heterocycles. The van der Waals surface area contributed by atoms with Crippen LogP contribution in [0.15, 0.2) is 11.6 Å². The molecule has 0 aromatic heterocycles. The second-order valence-electron chi connectivity index (χ2n) is 4.90. The summed E-state index contributed by atoms with van der Waals surface area (Å²) in [6, 6.07) is 0.649. The van der Waals surface area contributed by atoms with Crippen LogP contribution in [-0.2, 0) is 0 Å². The number of nitrogens with one attached hydrogen (secondary N) is 1. The monoisotopic (exact) mass is 271 g/mol. The van der Waals surface area contributed by atoms with Gasteiger partial charge in [0.05, 0.1) is 0 Å². The van der Waals surface area contributed by atoms with Crippen molar-refractivity contribution in [1.82, 2.24) is 5.32 Å². The molecular weight excluding hydrogens is 246 g/mol. The van der Waals surface area contributed by atoms with Gasteiger partial charge in [-0.15, -0.1) is 0 Å². The van der Waals surface area contributed by atoms with E-state index in [1.54, 1.807) is 5.57 Å². The molecule has 0 aromatic rings. The van der Waals surface area contributed by atoms with E-state index in [0.717, 1.165) is 11.8 Å². The molecular formula is C14H25NS2. The minimum atomic E-state index is 0.649. The van der Waals surface area contributed by atoms with Crippen LogP contribution in [0.1, 0.15) is 39.0 Å². The summed E-state index contributed by atoms with van der Waals surface area (Å²) in [6.07, 6.45) is 9.40. The summed E-state index contributed by atoms with van der Waals surface area (Å²) in [4.78, 5) is 0. The second kappa shape index (κ2) is 7.75. The third kappa shape index (κ3) is 4.22. The number of likely N-dealkylation sites (N-methyl/N-ethyl adjacent to an activating group) is 1. The van der Waals surface area contributed by atoms with Crippen LogP contribution in [0, 0.1) is 0 Å². The first-order valence-electron chi connectivity index (χ1n) is 7.03. The smallest absolute Gasteiger partial charge is 0.0407 e. The van der Waals surface area contributed by atoms with Crippen molar-refractivity contribution >= 4 is 23.5 Å². The van der Waals surface area contributed by atoms with E-state index in [1.807, 2.05) is 0 Å². The number of hydrogen-bond acceptors (Lipinski definition) is 3. The first-order valence-corrected chi connectivity index (χ1v) is 9.24. The lowest BCUT2D eigenvalue weighted by molar-refractivity contribution is 0.562. The molecule has 0 aromatic carbocycles. The molecule has 2 aliphatic rings. The van der Waals surface area contributed by atoms with Crippen molar-refractivity contribution < 1.29 is 0 Å². The predicted octanol–water partition coefficient (Wildman–Crippen LogP) is 3.70. The Balaban J connectivity index is 2.00. The molecule has 2 rings (SSSR count). The minimum absolute atomic E-state index is 0.649. The highest BCUT2D eigenvalue weighted by Gasteiger charge is 2.26. The van der Waals surface area contributed by atoms with Gasteiger partial charge in [0.1, 0.15) is 0 Å². The Hall–Kier alpha value is 0.400. The average Bonchev–Trinajstić information content (AvgIpc) is 2.66. The summed E-state index contributed by atoms with van der Waals surface area (Å²) in [7, 11) is 0. The standard InChI is InChI=1S/C14H25NS2/c1-2-15-14(13-11-16-9-10-17-13)12-7-5-3-4-6-8-12/h7,13-15H,2-6,8-11H2,1H3. The molecule has 1 saturated heterocycles. The summed E-state index contributed by atoms with van der Waals surface area (Å²) in [5.74, 6) is 4.02. The normalized spacial score (nSPS) is 28.3. The summed E-state index contributed by atoms with van der Waals surface area (Å²) in [5, 5.41) is 4.55. The molecule has 1 aliphatic heterocycles. The maximum Gasteiger partial charge on any atom is 0.0407 e. The van der Waals surface area contributed by atoms with E-state index < -0.39 is 0 Å². The van der Waals surface area contributed by atoms with Crippen molar-refractivity contribution in [3.63, 3.8) is 0 Å². The lowest BCUT2D eigenvalue weighted by atomic mass is 9.99. The molecule has 1 fully saturated rings. The van der Waals surface area contributed by atoms with Gasteiger partial charge in [0, 0.05) is 28.6 Å². The minimum Gasteiger partial charge on any atom is -0.310 e. The van der Waals surface area contributed by atoms with Crippen molar-refractivity contribution in [2.75, 3.05) is 23.8 Å². The van der Waals surface area contributed by atoms with Gasteiger partial charge in [-0.3, -0.25) is 0 Å². The molecule has 3 heteroatoms. The van der Waals surface area contributed by atoms with Gasteiger partial charge in [-0.25, -0.2) is 0 Å². The summed E-state index contributed by atoms with van der Waals surface area (Å²) >= 11 is 4.33. The van der Waals surface area contributed by atoms with E-state index in [1.165, 1.54) is 49.4 Å². The van der Waals surface area contributed by atoms with Gasteiger partial charge >= 0.3 is 0 Å². The molecule has 0 spiro atoms. The van der Waals surface area contributed by atoms with Crippen LogP contribution in [0.5, 0.6) is 0 Å². The molecule has 1 aliphatic carbocycles. The fraction of sp³-hybridized carbons (Fsp3) is 0.857.